The number of hydrogen-bond donors (Lipinski definition) is 3. The number of esters is 1. The summed E-state index contributed by atoms with van der Waals surface area (Å²) in [7, 11) is 4.82. The Labute approximate surface area is 338 Å². The van der Waals surface area contributed by atoms with Gasteiger partial charge in [0.15, 0.2) is 0 Å². The average Bonchev–Trinajstić information content (AvgIpc) is 3.84. The summed E-state index contributed by atoms with van der Waals surface area (Å²) in [4.78, 5) is 23.5. The number of amides is 1. The maximum atomic E-state index is 11.9. The smallest absolute Gasteiger partial charge is 0.308 e. The minimum Gasteiger partial charge on any atom is -0.496 e. The Hall–Kier alpha value is -4.61. The quantitative estimate of drug-likeness (QED) is 0.0910. The minimum absolute atomic E-state index is 0.0266. The minimum atomic E-state index is -0.0900. The van der Waals surface area contributed by atoms with Gasteiger partial charge in [-0.15, -0.1) is 0 Å². The number of aromatic nitrogens is 2. The van der Waals surface area contributed by atoms with Crippen LogP contribution < -0.4 is 25.4 Å². The van der Waals surface area contributed by atoms with Crippen molar-refractivity contribution in [2.45, 2.75) is 64.2 Å². The second-order valence-electron chi connectivity index (χ2n) is 14.8. The Morgan fingerprint density at radius 3 is 2.29 bits per heavy atom. The third-order valence-corrected chi connectivity index (χ3v) is 12.0. The topological polar surface area (TPSA) is 116 Å². The number of ether oxygens (including phenoxy) is 3. The van der Waals surface area contributed by atoms with Crippen molar-refractivity contribution in [2.24, 2.45) is 11.8 Å². The fraction of sp³-hybridized carbons (Fsp3) is 0.386. The third kappa shape index (κ3) is 8.84. The van der Waals surface area contributed by atoms with Crippen molar-refractivity contribution in [1.29, 1.82) is 0 Å². The maximum absolute atomic E-state index is 11.9. The molecule has 1 aliphatic heterocycles. The molecule has 3 N–H and O–H groups in total. The lowest BCUT2D eigenvalue weighted by atomic mass is 9.82. The van der Waals surface area contributed by atoms with Crippen LogP contribution in [0.5, 0.6) is 11.5 Å². The molecule has 1 aromatic heterocycles. The van der Waals surface area contributed by atoms with Crippen LogP contribution in [0, 0.1) is 11.8 Å². The van der Waals surface area contributed by atoms with Crippen molar-refractivity contribution in [3.8, 4) is 33.8 Å². The molecule has 2 heterocycles. The number of nitrogens with one attached hydrogen (secondary N) is 3. The zero-order valence-corrected chi connectivity index (χ0v) is 33.6. The molecule has 2 aliphatic rings. The highest BCUT2D eigenvalue weighted by Gasteiger charge is 2.27. The van der Waals surface area contributed by atoms with Crippen molar-refractivity contribution in [1.82, 2.24) is 25.7 Å². The molecule has 1 saturated carbocycles. The molecule has 1 aliphatic carbocycles. The third-order valence-electron chi connectivity index (χ3n) is 11.3. The zero-order chi connectivity index (χ0) is 39.2. The molecule has 56 heavy (non-hydrogen) atoms. The molecule has 1 saturated heterocycles. The number of hydrogen-bond acceptors (Lipinski definition) is 8. The van der Waals surface area contributed by atoms with Crippen LogP contribution in [0.4, 0.5) is 0 Å². The van der Waals surface area contributed by atoms with E-state index in [1.165, 1.54) is 7.11 Å². The van der Waals surface area contributed by atoms with E-state index < -0.39 is 0 Å². The largest absolute Gasteiger partial charge is 0.496 e. The van der Waals surface area contributed by atoms with Crippen LogP contribution >= 0.6 is 23.2 Å². The lowest BCUT2D eigenvalue weighted by Crippen LogP contribution is -2.35. The molecular weight excluding hydrogens is 749 g/mol. The average molecular weight is 799 g/mol. The van der Waals surface area contributed by atoms with Gasteiger partial charge in [0, 0.05) is 64.8 Å². The molecule has 5 aromatic rings. The first-order valence-electron chi connectivity index (χ1n) is 19.3. The van der Waals surface area contributed by atoms with Crippen LogP contribution in [0.1, 0.15) is 55.2 Å². The monoisotopic (exact) mass is 797 g/mol. The van der Waals surface area contributed by atoms with Crippen LogP contribution in [-0.2, 0) is 34.0 Å². The Morgan fingerprint density at radius 1 is 0.821 bits per heavy atom. The van der Waals surface area contributed by atoms with Gasteiger partial charge in [0.25, 0.3) is 0 Å². The number of benzene rings is 4. The van der Waals surface area contributed by atoms with Gasteiger partial charge in [-0.3, -0.25) is 14.3 Å². The zero-order valence-electron chi connectivity index (χ0n) is 32.1. The molecule has 1 amide bonds. The predicted molar refractivity (Wildman–Crippen MR) is 221 cm³/mol. The first kappa shape index (κ1) is 39.6. The lowest BCUT2D eigenvalue weighted by Gasteiger charge is -2.27. The molecule has 0 radical (unpaired) electrons. The van der Waals surface area contributed by atoms with Gasteiger partial charge in [0.1, 0.15) is 11.5 Å². The molecule has 0 spiro atoms. The predicted octanol–water partition coefficient (Wildman–Crippen LogP) is 8.18. The summed E-state index contributed by atoms with van der Waals surface area (Å²) in [5, 5.41) is 17.1. The molecule has 0 bridgehead atoms. The van der Waals surface area contributed by atoms with Crippen LogP contribution in [0.3, 0.4) is 0 Å². The Kier molecular flexibility index (Phi) is 12.8. The molecule has 1 atom stereocenters. The van der Waals surface area contributed by atoms with E-state index in [1.54, 1.807) is 14.2 Å². The standard InChI is InChI=1S/C44H49Cl2N5O5/c1-54-40-19-29(14-15-30(40)22-48-24-33-16-17-42(52)50-33)34-6-4-8-36(43(34)46)35-7-5-9-39-37(35)25-49-51(39)26-32-20-41(55-2)31(18-38(32)45)23-47-21-27-10-12-28(13-11-27)44(53)56-3/h4-9,14-15,18-20,25,27-28,33,47-48H,10-13,16-17,21-24,26H2,1-3H3,(H,50,52)/t27?,28?,33-/m0/s1. The summed E-state index contributed by atoms with van der Waals surface area (Å²) in [5.74, 6) is 2.11. The number of rotatable bonds is 15. The molecule has 10 nitrogen and oxygen atoms in total. The van der Waals surface area contributed by atoms with Gasteiger partial charge in [0.05, 0.1) is 50.5 Å². The van der Waals surface area contributed by atoms with Crippen molar-refractivity contribution < 1.29 is 23.8 Å². The van der Waals surface area contributed by atoms with Crippen LogP contribution in [0.15, 0.2) is 72.9 Å². The van der Waals surface area contributed by atoms with E-state index in [9.17, 15) is 9.59 Å². The maximum Gasteiger partial charge on any atom is 0.308 e. The van der Waals surface area contributed by atoms with Gasteiger partial charge >= 0.3 is 5.97 Å². The number of carbonyl (C=O) groups excluding carboxylic acids is 2. The van der Waals surface area contributed by atoms with E-state index in [1.807, 2.05) is 53.3 Å². The highest BCUT2D eigenvalue weighted by atomic mass is 35.5. The second kappa shape index (κ2) is 18.1. The normalized spacial score (nSPS) is 18.2. The highest BCUT2D eigenvalue weighted by Crippen LogP contribution is 2.41. The summed E-state index contributed by atoms with van der Waals surface area (Å²) in [5.41, 5.74) is 7.63. The fourth-order valence-electron chi connectivity index (χ4n) is 8.12. The van der Waals surface area contributed by atoms with Gasteiger partial charge in [-0.1, -0.05) is 65.7 Å². The van der Waals surface area contributed by atoms with E-state index in [4.69, 9.17) is 42.5 Å². The number of methoxy groups -OCH3 is 3. The molecule has 4 aromatic carbocycles. The van der Waals surface area contributed by atoms with E-state index in [2.05, 4.69) is 40.2 Å². The molecule has 0 unspecified atom stereocenters. The molecule has 2 fully saturated rings. The van der Waals surface area contributed by atoms with E-state index in [0.717, 1.165) is 100.0 Å². The summed E-state index contributed by atoms with van der Waals surface area (Å²) >= 11 is 14.1. The van der Waals surface area contributed by atoms with Gasteiger partial charge in [0.2, 0.25) is 5.91 Å². The van der Waals surface area contributed by atoms with Crippen molar-refractivity contribution in [2.75, 3.05) is 34.4 Å². The Balaban J connectivity index is 1.04. The van der Waals surface area contributed by atoms with Gasteiger partial charge in [-0.2, -0.15) is 5.10 Å². The molecule has 7 rings (SSSR count). The number of halogens is 2. The van der Waals surface area contributed by atoms with Crippen LogP contribution in [-0.4, -0.2) is 62.1 Å². The molecular formula is C44H49Cl2N5O5. The van der Waals surface area contributed by atoms with Crippen molar-refractivity contribution in [3.63, 3.8) is 0 Å². The number of nitrogens with zero attached hydrogens (tertiary/aromatic N) is 2. The van der Waals surface area contributed by atoms with Crippen molar-refractivity contribution in [3.05, 3.63) is 99.7 Å². The highest BCUT2D eigenvalue weighted by molar-refractivity contribution is 6.36. The number of carbonyl (C=O) groups is 2. The summed E-state index contributed by atoms with van der Waals surface area (Å²) in [6, 6.07) is 22.5. The van der Waals surface area contributed by atoms with Crippen molar-refractivity contribution >= 4 is 46.0 Å². The van der Waals surface area contributed by atoms with E-state index >= 15 is 0 Å². The lowest BCUT2D eigenvalue weighted by molar-refractivity contribution is -0.146. The van der Waals surface area contributed by atoms with Gasteiger partial charge < -0.3 is 30.2 Å². The fourth-order valence-corrected chi connectivity index (χ4v) is 8.71. The Morgan fingerprint density at radius 2 is 1.54 bits per heavy atom. The van der Waals surface area contributed by atoms with E-state index in [0.29, 0.717) is 48.6 Å². The summed E-state index contributed by atoms with van der Waals surface area (Å²) in [6.07, 6.45) is 7.09. The number of fused-ring (bicyclic) bond motifs is 1. The SMILES string of the molecule is COC(=O)C1CCC(CNCc2cc(Cl)c(Cn3ncc4c(-c5cccc(-c6ccc(CNC[C@@H]7CCC(=O)N7)c(OC)c6)c5Cl)cccc43)cc2OC)CC1. The van der Waals surface area contributed by atoms with Crippen LogP contribution in [0.2, 0.25) is 10.0 Å². The second-order valence-corrected chi connectivity index (χ2v) is 15.6. The Bertz CT molecular complexity index is 2200. The first-order chi connectivity index (χ1) is 27.3. The van der Waals surface area contributed by atoms with Gasteiger partial charge in [-0.25, -0.2) is 0 Å². The molecule has 12 heteroatoms. The summed E-state index contributed by atoms with van der Waals surface area (Å²) in [6.45, 7) is 3.29. The summed E-state index contributed by atoms with van der Waals surface area (Å²) < 4.78 is 18.5. The van der Waals surface area contributed by atoms with Crippen LogP contribution in [0.25, 0.3) is 33.2 Å². The van der Waals surface area contributed by atoms with E-state index in [-0.39, 0.29) is 23.8 Å². The van der Waals surface area contributed by atoms with Gasteiger partial charge in [-0.05, 0) is 85.5 Å². The first-order valence-corrected chi connectivity index (χ1v) is 20.1. The molecule has 294 valence electrons.